The molecule has 0 heterocycles. The van der Waals surface area contributed by atoms with Crippen molar-refractivity contribution in [3.63, 3.8) is 0 Å². The molecule has 0 aromatic heterocycles. The number of benzene rings is 3. The fraction of sp³-hybridized carbons (Fsp3) is 0.120. The summed E-state index contributed by atoms with van der Waals surface area (Å²) in [5, 5.41) is 8.99. The van der Waals surface area contributed by atoms with E-state index in [2.05, 4.69) is 37.1 Å². The van der Waals surface area contributed by atoms with Gasteiger partial charge in [0, 0.05) is 15.7 Å². The van der Waals surface area contributed by atoms with Crippen LogP contribution in [0.1, 0.15) is 15.9 Å². The zero-order chi connectivity index (χ0) is 26.1. The largest absolute Gasteiger partial charge is 0.493 e. The molecule has 3 N–H and O–H groups in total. The van der Waals surface area contributed by atoms with Gasteiger partial charge in [-0.25, -0.2) is 5.43 Å². The van der Waals surface area contributed by atoms with E-state index in [1.165, 1.54) is 39.7 Å². The van der Waals surface area contributed by atoms with Crippen molar-refractivity contribution in [1.29, 1.82) is 0 Å². The van der Waals surface area contributed by atoms with Gasteiger partial charge in [-0.2, -0.15) is 5.10 Å². The Kier molecular flexibility index (Phi) is 9.01. The fourth-order valence-corrected chi connectivity index (χ4v) is 3.36. The Balaban J connectivity index is 1.66. The van der Waals surface area contributed by atoms with Gasteiger partial charge in [0.1, 0.15) is 0 Å². The first-order valence-electron chi connectivity index (χ1n) is 10.5. The topological polar surface area (TPSA) is 127 Å². The van der Waals surface area contributed by atoms with Crippen LogP contribution in [0.4, 0.5) is 11.4 Å². The zero-order valence-corrected chi connectivity index (χ0v) is 21.2. The van der Waals surface area contributed by atoms with E-state index in [0.717, 1.165) is 4.47 Å². The molecule has 0 saturated heterocycles. The van der Waals surface area contributed by atoms with Crippen molar-refractivity contribution in [3.05, 3.63) is 76.3 Å². The predicted octanol–water partition coefficient (Wildman–Crippen LogP) is 3.82. The number of amides is 3. The second kappa shape index (κ2) is 12.4. The minimum atomic E-state index is -1.03. The molecule has 0 bridgehead atoms. The molecule has 10 nitrogen and oxygen atoms in total. The number of hydrogen-bond donors (Lipinski definition) is 3. The molecule has 0 aliphatic heterocycles. The van der Waals surface area contributed by atoms with Crippen molar-refractivity contribution >= 4 is 51.2 Å². The number of methoxy groups -OCH3 is 3. The summed E-state index contributed by atoms with van der Waals surface area (Å²) < 4.78 is 16.7. The summed E-state index contributed by atoms with van der Waals surface area (Å²) in [6, 6.07) is 16.6. The van der Waals surface area contributed by atoms with Gasteiger partial charge in [-0.1, -0.05) is 28.1 Å². The second-order valence-corrected chi connectivity index (χ2v) is 8.03. The van der Waals surface area contributed by atoms with Crippen molar-refractivity contribution in [2.45, 2.75) is 0 Å². The molecule has 0 unspecified atom stereocenters. The van der Waals surface area contributed by atoms with Crippen molar-refractivity contribution in [3.8, 4) is 17.2 Å². The molecule has 0 spiro atoms. The number of hydrazone groups is 1. The van der Waals surface area contributed by atoms with E-state index in [1.807, 2.05) is 0 Å². The van der Waals surface area contributed by atoms with Gasteiger partial charge in [0.2, 0.25) is 5.75 Å². The van der Waals surface area contributed by atoms with E-state index in [9.17, 15) is 14.4 Å². The third kappa shape index (κ3) is 6.60. The number of rotatable bonds is 8. The van der Waals surface area contributed by atoms with Crippen molar-refractivity contribution in [2.24, 2.45) is 5.10 Å². The van der Waals surface area contributed by atoms with E-state index in [1.54, 1.807) is 48.5 Å². The molecular weight excluding hydrogens is 532 g/mol. The van der Waals surface area contributed by atoms with Crippen LogP contribution < -0.4 is 30.3 Å². The summed E-state index contributed by atoms with van der Waals surface area (Å²) in [6.07, 6.45) is 1.31. The van der Waals surface area contributed by atoms with E-state index >= 15 is 0 Å². The quantitative estimate of drug-likeness (QED) is 0.220. The first kappa shape index (κ1) is 26.2. The van der Waals surface area contributed by atoms with Crippen molar-refractivity contribution in [1.82, 2.24) is 5.43 Å². The highest BCUT2D eigenvalue weighted by molar-refractivity contribution is 9.10. The second-order valence-electron chi connectivity index (χ2n) is 7.12. The number of carbonyl (C=O) groups is 3. The number of nitrogens with zero attached hydrogens (tertiary/aromatic N) is 1. The molecule has 3 aromatic carbocycles. The predicted molar refractivity (Wildman–Crippen MR) is 139 cm³/mol. The van der Waals surface area contributed by atoms with Crippen LogP contribution >= 0.6 is 15.9 Å². The van der Waals surface area contributed by atoms with Crippen LogP contribution in [-0.2, 0) is 9.59 Å². The Morgan fingerprint density at radius 2 is 1.47 bits per heavy atom. The monoisotopic (exact) mass is 554 g/mol. The van der Waals surface area contributed by atoms with Gasteiger partial charge in [-0.3, -0.25) is 14.4 Å². The summed E-state index contributed by atoms with van der Waals surface area (Å²) in [7, 11) is 4.43. The average Bonchev–Trinajstić information content (AvgIpc) is 2.89. The van der Waals surface area contributed by atoms with E-state index < -0.39 is 17.7 Å². The summed E-state index contributed by atoms with van der Waals surface area (Å²) >= 11 is 3.33. The Morgan fingerprint density at radius 1 is 0.833 bits per heavy atom. The number of halogens is 1. The van der Waals surface area contributed by atoms with Crippen molar-refractivity contribution in [2.75, 3.05) is 32.0 Å². The number of hydrogen-bond acceptors (Lipinski definition) is 7. The highest BCUT2D eigenvalue weighted by Crippen LogP contribution is 2.37. The molecule has 3 amide bonds. The molecule has 0 atom stereocenters. The molecular formula is C25H23BrN4O6. The van der Waals surface area contributed by atoms with E-state index in [0.29, 0.717) is 28.5 Å². The Hall–Kier alpha value is -4.38. The third-order valence-corrected chi connectivity index (χ3v) is 5.32. The van der Waals surface area contributed by atoms with Gasteiger partial charge >= 0.3 is 11.8 Å². The summed E-state index contributed by atoms with van der Waals surface area (Å²) in [6.45, 7) is 0. The number of ether oxygens (including phenoxy) is 3. The van der Waals surface area contributed by atoms with Crippen LogP contribution in [0.25, 0.3) is 0 Å². The normalized spacial score (nSPS) is 10.4. The average molecular weight is 555 g/mol. The lowest BCUT2D eigenvalue weighted by Crippen LogP contribution is -2.33. The molecule has 3 aromatic rings. The van der Waals surface area contributed by atoms with Crippen LogP contribution in [0.3, 0.4) is 0 Å². The maximum atomic E-state index is 12.7. The summed E-state index contributed by atoms with van der Waals surface area (Å²) in [5.74, 6) is -1.26. The number of carbonyl (C=O) groups excluding carboxylic acids is 3. The van der Waals surface area contributed by atoms with Gasteiger partial charge in [-0.15, -0.1) is 0 Å². The smallest absolute Gasteiger partial charge is 0.329 e. The maximum absolute atomic E-state index is 12.7. The van der Waals surface area contributed by atoms with E-state index in [4.69, 9.17) is 14.2 Å². The molecule has 0 saturated carbocycles. The van der Waals surface area contributed by atoms with Gasteiger partial charge in [0.15, 0.2) is 11.5 Å². The summed E-state index contributed by atoms with van der Waals surface area (Å²) in [5.41, 5.74) is 3.60. The SMILES string of the molecule is COc1cc(C=NNC(=O)C(=O)Nc2ccccc2C(=O)Nc2ccc(Br)cc2)cc(OC)c1OC. The molecule has 0 aliphatic carbocycles. The Bertz CT molecular complexity index is 1270. The molecule has 186 valence electrons. The summed E-state index contributed by atoms with van der Waals surface area (Å²) in [4.78, 5) is 37.4. The molecule has 0 fully saturated rings. The lowest BCUT2D eigenvalue weighted by molar-refractivity contribution is -0.136. The Labute approximate surface area is 215 Å². The Morgan fingerprint density at radius 3 is 2.08 bits per heavy atom. The van der Waals surface area contributed by atoms with Crippen molar-refractivity contribution < 1.29 is 28.6 Å². The zero-order valence-electron chi connectivity index (χ0n) is 19.6. The maximum Gasteiger partial charge on any atom is 0.329 e. The fourth-order valence-electron chi connectivity index (χ4n) is 3.09. The third-order valence-electron chi connectivity index (χ3n) is 4.79. The molecule has 3 rings (SSSR count). The highest BCUT2D eigenvalue weighted by atomic mass is 79.9. The van der Waals surface area contributed by atoms with Gasteiger partial charge < -0.3 is 24.8 Å². The van der Waals surface area contributed by atoms with Gasteiger partial charge in [0.25, 0.3) is 5.91 Å². The lowest BCUT2D eigenvalue weighted by atomic mass is 10.1. The standard InChI is InChI=1S/C25H23BrN4O6/c1-34-20-12-15(13-21(35-2)22(20)36-3)14-27-30-25(33)24(32)29-19-7-5-4-6-18(19)23(31)28-17-10-8-16(26)9-11-17/h4-14H,1-3H3,(H,28,31)(H,29,32)(H,30,33). The van der Waals surface area contributed by atoms with Crippen LogP contribution in [-0.4, -0.2) is 45.3 Å². The minimum absolute atomic E-state index is 0.167. The highest BCUT2D eigenvalue weighted by Gasteiger charge is 2.18. The van der Waals surface area contributed by atoms with Crippen LogP contribution in [0.15, 0.2) is 70.2 Å². The first-order chi connectivity index (χ1) is 17.4. The lowest BCUT2D eigenvalue weighted by Gasteiger charge is -2.12. The molecule has 36 heavy (non-hydrogen) atoms. The van der Waals surface area contributed by atoms with Crippen LogP contribution in [0.2, 0.25) is 0 Å². The van der Waals surface area contributed by atoms with Crippen LogP contribution in [0, 0.1) is 0 Å². The number of nitrogens with one attached hydrogen (secondary N) is 3. The first-order valence-corrected chi connectivity index (χ1v) is 11.3. The molecule has 0 radical (unpaired) electrons. The molecule has 0 aliphatic rings. The van der Waals surface area contributed by atoms with Gasteiger partial charge in [-0.05, 0) is 48.5 Å². The van der Waals surface area contributed by atoms with E-state index in [-0.39, 0.29) is 11.3 Å². The minimum Gasteiger partial charge on any atom is -0.493 e. The molecule has 11 heteroatoms. The number of para-hydroxylation sites is 1. The van der Waals surface area contributed by atoms with Gasteiger partial charge in [0.05, 0.1) is 38.8 Å². The number of anilines is 2. The van der Waals surface area contributed by atoms with Crippen LogP contribution in [0.5, 0.6) is 17.2 Å².